The molecule has 1 aromatic rings. The Labute approximate surface area is 89.7 Å². The highest BCUT2D eigenvalue weighted by Gasteiger charge is 2.32. The predicted octanol–water partition coefficient (Wildman–Crippen LogP) is 2.23. The Balaban J connectivity index is 3.19. The molecule has 6 heteroatoms. The van der Waals surface area contributed by atoms with Gasteiger partial charge in [-0.1, -0.05) is 0 Å². The van der Waals surface area contributed by atoms with Gasteiger partial charge in [0.25, 0.3) is 0 Å². The minimum atomic E-state index is -4.57. The number of benzene rings is 1. The molecule has 0 amide bonds. The van der Waals surface area contributed by atoms with E-state index < -0.39 is 35.3 Å². The quantitative estimate of drug-likeness (QED) is 0.775. The second kappa shape index (κ2) is 4.39. The van der Waals surface area contributed by atoms with Crippen LogP contribution in [0.25, 0.3) is 0 Å². The molecule has 16 heavy (non-hydrogen) atoms. The van der Waals surface area contributed by atoms with Crippen molar-refractivity contribution in [3.05, 3.63) is 35.1 Å². The second-order valence-corrected chi connectivity index (χ2v) is 3.54. The van der Waals surface area contributed by atoms with E-state index in [-0.39, 0.29) is 0 Å². The molecule has 0 bridgehead atoms. The van der Waals surface area contributed by atoms with Crippen LogP contribution in [-0.2, 0) is 6.18 Å². The van der Waals surface area contributed by atoms with Crippen LogP contribution in [0.15, 0.2) is 18.2 Å². The fourth-order valence-corrected chi connectivity index (χ4v) is 1.23. The van der Waals surface area contributed by atoms with Crippen molar-refractivity contribution in [3.8, 4) is 0 Å². The van der Waals surface area contributed by atoms with Crippen LogP contribution in [0.1, 0.15) is 24.2 Å². The molecule has 0 saturated carbocycles. The van der Waals surface area contributed by atoms with Crippen molar-refractivity contribution in [3.63, 3.8) is 0 Å². The highest BCUT2D eigenvalue weighted by molar-refractivity contribution is 5.29. The molecular weight excluding hydrogens is 226 g/mol. The summed E-state index contributed by atoms with van der Waals surface area (Å²) in [6.07, 6.45) is -6.03. The van der Waals surface area contributed by atoms with E-state index in [0.29, 0.717) is 18.2 Å². The van der Waals surface area contributed by atoms with Gasteiger partial charge in [-0.15, -0.1) is 0 Å². The molecule has 1 rings (SSSR count). The summed E-state index contributed by atoms with van der Waals surface area (Å²) in [5.74, 6) is -0.905. The van der Waals surface area contributed by atoms with Gasteiger partial charge in [0.15, 0.2) is 0 Å². The van der Waals surface area contributed by atoms with Gasteiger partial charge >= 0.3 is 6.18 Å². The predicted molar refractivity (Wildman–Crippen MR) is 50.0 cm³/mol. The summed E-state index contributed by atoms with van der Waals surface area (Å²) >= 11 is 0. The van der Waals surface area contributed by atoms with Gasteiger partial charge in [0.1, 0.15) is 5.82 Å². The van der Waals surface area contributed by atoms with Gasteiger partial charge in [0.2, 0.25) is 0 Å². The maximum Gasteiger partial charge on any atom is 0.416 e. The van der Waals surface area contributed by atoms with E-state index >= 15 is 0 Å². The molecule has 0 aromatic heterocycles. The summed E-state index contributed by atoms with van der Waals surface area (Å²) in [7, 11) is 0. The van der Waals surface area contributed by atoms with Crippen LogP contribution in [0.3, 0.4) is 0 Å². The Hall–Kier alpha value is -1.14. The zero-order valence-corrected chi connectivity index (χ0v) is 8.42. The van der Waals surface area contributed by atoms with Crippen LogP contribution in [0.5, 0.6) is 0 Å². The molecule has 3 N–H and O–H groups in total. The van der Waals surface area contributed by atoms with Crippen molar-refractivity contribution >= 4 is 0 Å². The smallest absolute Gasteiger partial charge is 0.387 e. The largest absolute Gasteiger partial charge is 0.416 e. The molecule has 0 aliphatic carbocycles. The minimum absolute atomic E-state index is 0.440. The summed E-state index contributed by atoms with van der Waals surface area (Å²) < 4.78 is 50.2. The third kappa shape index (κ3) is 2.70. The molecule has 1 aromatic carbocycles. The molecule has 0 aliphatic heterocycles. The summed E-state index contributed by atoms with van der Waals surface area (Å²) in [5, 5.41) is 9.44. The molecule has 0 saturated heterocycles. The first-order valence-corrected chi connectivity index (χ1v) is 4.53. The second-order valence-electron chi connectivity index (χ2n) is 3.54. The van der Waals surface area contributed by atoms with Gasteiger partial charge in [0, 0.05) is 11.6 Å². The average Bonchev–Trinajstić information content (AvgIpc) is 2.15. The highest BCUT2D eigenvalue weighted by atomic mass is 19.4. The number of hydrogen-bond donors (Lipinski definition) is 2. The van der Waals surface area contributed by atoms with Gasteiger partial charge in [-0.2, -0.15) is 13.2 Å². The van der Waals surface area contributed by atoms with Gasteiger partial charge in [-0.3, -0.25) is 0 Å². The van der Waals surface area contributed by atoms with E-state index in [0.717, 1.165) is 0 Å². The van der Waals surface area contributed by atoms with Crippen molar-refractivity contribution in [2.45, 2.75) is 25.2 Å². The Morgan fingerprint density at radius 1 is 1.31 bits per heavy atom. The lowest BCUT2D eigenvalue weighted by Gasteiger charge is -2.17. The Kier molecular flexibility index (Phi) is 3.54. The lowest BCUT2D eigenvalue weighted by Crippen LogP contribution is -2.25. The molecule has 0 spiro atoms. The molecular formula is C10H11F4NO. The number of rotatable bonds is 2. The molecule has 2 atom stereocenters. The zero-order valence-electron chi connectivity index (χ0n) is 8.42. The minimum Gasteiger partial charge on any atom is -0.387 e. The lowest BCUT2D eigenvalue weighted by atomic mass is 10.0. The van der Waals surface area contributed by atoms with Crippen LogP contribution in [-0.4, -0.2) is 11.1 Å². The van der Waals surface area contributed by atoms with E-state index in [2.05, 4.69) is 0 Å². The van der Waals surface area contributed by atoms with Gasteiger partial charge in [-0.25, -0.2) is 4.39 Å². The van der Waals surface area contributed by atoms with Crippen LogP contribution in [0, 0.1) is 5.82 Å². The molecule has 0 heterocycles. The van der Waals surface area contributed by atoms with Gasteiger partial charge in [-0.05, 0) is 25.1 Å². The average molecular weight is 237 g/mol. The maximum atomic E-state index is 13.2. The Bertz CT molecular complexity index is 376. The van der Waals surface area contributed by atoms with Crippen molar-refractivity contribution < 1.29 is 22.7 Å². The molecule has 0 radical (unpaired) electrons. The van der Waals surface area contributed by atoms with E-state index in [4.69, 9.17) is 5.73 Å². The van der Waals surface area contributed by atoms with Crippen molar-refractivity contribution in [2.75, 3.05) is 0 Å². The summed E-state index contributed by atoms with van der Waals surface area (Å²) in [4.78, 5) is 0. The number of aliphatic hydroxyl groups excluding tert-OH is 1. The maximum absolute atomic E-state index is 13.2. The highest BCUT2D eigenvalue weighted by Crippen LogP contribution is 2.32. The Morgan fingerprint density at radius 3 is 2.31 bits per heavy atom. The first kappa shape index (κ1) is 12.9. The number of aliphatic hydroxyl groups is 1. The summed E-state index contributed by atoms with van der Waals surface area (Å²) in [5.41, 5.74) is 3.85. The molecule has 0 fully saturated rings. The number of nitrogens with two attached hydrogens (primary N) is 1. The lowest BCUT2D eigenvalue weighted by molar-refractivity contribution is -0.137. The first-order chi connectivity index (χ1) is 7.23. The van der Waals surface area contributed by atoms with E-state index in [9.17, 15) is 22.7 Å². The third-order valence-corrected chi connectivity index (χ3v) is 2.14. The molecule has 90 valence electrons. The number of hydrogen-bond acceptors (Lipinski definition) is 2. The van der Waals surface area contributed by atoms with Crippen molar-refractivity contribution in [1.82, 2.24) is 0 Å². The first-order valence-electron chi connectivity index (χ1n) is 4.53. The Morgan fingerprint density at radius 2 is 1.88 bits per heavy atom. The van der Waals surface area contributed by atoms with E-state index in [1.807, 2.05) is 0 Å². The monoisotopic (exact) mass is 237 g/mol. The normalized spacial score (nSPS) is 15.9. The fraction of sp³-hybridized carbons (Fsp3) is 0.400. The van der Waals surface area contributed by atoms with Crippen LogP contribution < -0.4 is 5.73 Å². The van der Waals surface area contributed by atoms with Crippen LogP contribution >= 0.6 is 0 Å². The van der Waals surface area contributed by atoms with Crippen LogP contribution in [0.4, 0.5) is 17.6 Å². The SMILES string of the molecule is C[C@H](N)[C@H](O)c1cc(C(F)(F)F)ccc1F. The van der Waals surface area contributed by atoms with E-state index in [1.54, 1.807) is 0 Å². The van der Waals surface area contributed by atoms with Gasteiger partial charge < -0.3 is 10.8 Å². The fourth-order valence-electron chi connectivity index (χ4n) is 1.23. The third-order valence-electron chi connectivity index (χ3n) is 2.14. The number of alkyl halides is 3. The molecule has 2 nitrogen and oxygen atoms in total. The standard InChI is InChI=1S/C10H11F4NO/c1-5(15)9(16)7-4-6(10(12,13)14)2-3-8(7)11/h2-5,9,16H,15H2,1H3/t5-,9-/m0/s1. The van der Waals surface area contributed by atoms with E-state index in [1.165, 1.54) is 6.92 Å². The summed E-state index contributed by atoms with van der Waals surface area (Å²) in [6, 6.07) is 1.01. The van der Waals surface area contributed by atoms with Gasteiger partial charge in [0.05, 0.1) is 11.7 Å². The number of halogens is 4. The molecule has 0 unspecified atom stereocenters. The summed E-state index contributed by atoms with van der Waals surface area (Å²) in [6.45, 7) is 1.38. The van der Waals surface area contributed by atoms with Crippen molar-refractivity contribution in [2.24, 2.45) is 5.73 Å². The zero-order chi connectivity index (χ0) is 12.5. The van der Waals surface area contributed by atoms with Crippen LogP contribution in [0.2, 0.25) is 0 Å². The topological polar surface area (TPSA) is 46.2 Å². The molecule has 0 aliphatic rings. The van der Waals surface area contributed by atoms with Crippen molar-refractivity contribution in [1.29, 1.82) is 0 Å².